The van der Waals surface area contributed by atoms with Crippen LogP contribution in [0, 0.1) is 28.6 Å². The number of fused-ring (bicyclic) bond motifs is 2. The van der Waals surface area contributed by atoms with E-state index in [2.05, 4.69) is 67.8 Å². The summed E-state index contributed by atoms with van der Waals surface area (Å²) in [5.74, 6) is -9.70. The Hall–Kier alpha value is -11.3. The van der Waals surface area contributed by atoms with Crippen LogP contribution in [-0.4, -0.2) is 171 Å². The average Bonchev–Trinajstić information content (AvgIpc) is 1.71. The summed E-state index contributed by atoms with van der Waals surface area (Å²) in [5, 5.41) is 41.8. The van der Waals surface area contributed by atoms with Gasteiger partial charge >= 0.3 is 0 Å². The van der Waals surface area contributed by atoms with Crippen LogP contribution in [0.2, 0.25) is 0 Å². The molecular weight excluding hydrogens is 1500 g/mol. The number of amidine groups is 1. The first-order chi connectivity index (χ1) is 55.5. The molecule has 17 N–H and O–H groups in total. The fraction of sp³-hybridized carbons (Fsp3) is 0.429. The first kappa shape index (κ1) is 87.6. The lowest BCUT2D eigenvalue weighted by atomic mass is 9.81. The van der Waals surface area contributed by atoms with Crippen molar-refractivity contribution in [1.82, 2.24) is 62.8 Å². The van der Waals surface area contributed by atoms with Gasteiger partial charge in [0, 0.05) is 162 Å². The van der Waals surface area contributed by atoms with Crippen molar-refractivity contribution >= 4 is 126 Å². The predicted octanol–water partition coefficient (Wildman–Crippen LogP) is 6.11. The van der Waals surface area contributed by atoms with Crippen LogP contribution in [0.15, 0.2) is 151 Å². The van der Waals surface area contributed by atoms with Crippen molar-refractivity contribution in [1.29, 1.82) is 10.8 Å². The zero-order chi connectivity index (χ0) is 82.0. The number of ketones is 4. The molecule has 6 aromatic rings. The van der Waals surface area contributed by atoms with Gasteiger partial charge in [-0.15, -0.1) is 0 Å². The molecule has 0 bridgehead atoms. The summed E-state index contributed by atoms with van der Waals surface area (Å²) < 4.78 is 0. The van der Waals surface area contributed by atoms with Gasteiger partial charge in [-0.3, -0.25) is 73.3 Å². The number of carbonyl (C=O) groups is 12. The number of nitrogens with two attached hydrogens (primary N) is 2. The number of nitrogens with one attached hydrogen (secondary N) is 13. The highest BCUT2D eigenvalue weighted by Gasteiger charge is 2.37. The van der Waals surface area contributed by atoms with E-state index in [1.54, 1.807) is 79.3 Å². The Morgan fingerprint density at radius 3 is 2.03 bits per heavy atom. The standard InChI is InChI=1S/C84H105N17O12S2/c1-52(102)96-72(47-61-22-14-34-90-61)83(113)100-70(40-54-19-6-3-7-20-54)82(112)98-67(26-12-13-28-76(85)86)80(110)99-69(43-56-30-29-55-21-8-9-23-64(55)56)73(104)32-31-63(103)42-57-33-38-115-114-37-16-36-91-77(107)50-94-79(109)71(44-60-48-93-66-25-11-10-24-65(60)66)101-81(111)68(27-15-35-92-84(87)88)97-78(108)59(39-53-17-4-2-5-18-53)46-75(106)58(45-74(57)105)41-62-49-89-51-95-62/h2-11,17-25,30,34,48-49,51,57-59,67-72,93H,12-16,26-29,31-33,35-47,50H2,1H3,(H3,85,86)(H,89,95)(H,91,107)(H,94,109)(H,96,102)(H,97,108)(H,98,112)(H,99,110)(H,100,113)(H,101,111)(H4,87,88,92)/t57-,58-,59+,67+,68+,69+,70-,71+,72+/m1/s1. The van der Waals surface area contributed by atoms with E-state index in [1.165, 1.54) is 34.8 Å². The minimum absolute atomic E-state index is 0.00172. The number of aliphatic imine (C=N–C) groups is 1. The number of carbonyl (C=O) groups excluding carboxylic acids is 12. The molecule has 2 aliphatic heterocycles. The van der Waals surface area contributed by atoms with E-state index in [9.17, 15) is 33.6 Å². The molecule has 31 heteroatoms. The molecule has 115 heavy (non-hydrogen) atoms. The second kappa shape index (κ2) is 45.5. The molecule has 1 aliphatic carbocycles. The normalized spacial score (nSPS) is 19.2. The molecule has 0 saturated carbocycles. The number of guanidine groups is 1. The summed E-state index contributed by atoms with van der Waals surface area (Å²) in [7, 11) is 2.94. The highest BCUT2D eigenvalue weighted by molar-refractivity contribution is 8.76. The van der Waals surface area contributed by atoms with Crippen molar-refractivity contribution < 1.29 is 57.5 Å². The maximum absolute atomic E-state index is 15.3. The Balaban J connectivity index is 0.960. The molecule has 1 saturated heterocycles. The number of imidazole rings is 1. The third-order valence-electron chi connectivity index (χ3n) is 20.4. The molecule has 9 rings (SSSR count). The Bertz CT molecular complexity index is 4490. The van der Waals surface area contributed by atoms with Crippen LogP contribution in [0.3, 0.4) is 0 Å². The molecule has 4 heterocycles. The van der Waals surface area contributed by atoms with Crippen molar-refractivity contribution in [3.05, 3.63) is 179 Å². The Morgan fingerprint density at radius 1 is 0.626 bits per heavy atom. The number of hydrogen-bond acceptors (Lipinski definition) is 18. The van der Waals surface area contributed by atoms with Crippen LogP contribution in [-0.2, 0) is 89.6 Å². The van der Waals surface area contributed by atoms with Crippen molar-refractivity contribution in [2.75, 3.05) is 31.1 Å². The second-order valence-corrected chi connectivity index (χ2v) is 32.0. The Morgan fingerprint density at radius 2 is 1.30 bits per heavy atom. The van der Waals surface area contributed by atoms with E-state index in [0.29, 0.717) is 71.7 Å². The number of aromatic amines is 2. The first-order valence-electron chi connectivity index (χ1n) is 39.2. The zero-order valence-corrected chi connectivity index (χ0v) is 66.3. The van der Waals surface area contributed by atoms with Crippen LogP contribution in [0.4, 0.5) is 0 Å². The molecule has 1 fully saturated rings. The summed E-state index contributed by atoms with van der Waals surface area (Å²) in [5.41, 5.74) is 17.9. The molecule has 8 amide bonds. The number of nitrogens with zero attached hydrogens (tertiary/aromatic N) is 2. The van der Waals surface area contributed by atoms with Crippen molar-refractivity contribution in [2.24, 2.45) is 34.2 Å². The van der Waals surface area contributed by atoms with Gasteiger partial charge in [0.25, 0.3) is 0 Å². The van der Waals surface area contributed by atoms with Gasteiger partial charge in [0.15, 0.2) is 11.7 Å². The minimum atomic E-state index is -1.32. The fourth-order valence-corrected chi connectivity index (χ4v) is 16.5. The highest BCUT2D eigenvalue weighted by Crippen LogP contribution is 2.33. The van der Waals surface area contributed by atoms with Gasteiger partial charge in [-0.1, -0.05) is 143 Å². The lowest BCUT2D eigenvalue weighted by Gasteiger charge is -2.27. The minimum Gasteiger partial charge on any atom is -0.388 e. The Labute approximate surface area is 676 Å². The van der Waals surface area contributed by atoms with Crippen LogP contribution in [0.1, 0.15) is 143 Å². The van der Waals surface area contributed by atoms with Gasteiger partial charge in [0.2, 0.25) is 47.3 Å². The second-order valence-electron chi connectivity index (χ2n) is 29.3. The number of para-hydroxylation sites is 1. The van der Waals surface area contributed by atoms with E-state index in [-0.39, 0.29) is 121 Å². The van der Waals surface area contributed by atoms with Gasteiger partial charge in [-0.2, -0.15) is 0 Å². The maximum Gasteiger partial charge on any atom is 0.243 e. The van der Waals surface area contributed by atoms with Crippen LogP contribution < -0.4 is 59.3 Å². The number of unbranched alkanes of at least 4 members (excludes halogenated alkanes) is 1. The third kappa shape index (κ3) is 28.9. The van der Waals surface area contributed by atoms with E-state index in [1.807, 2.05) is 60.7 Å². The highest BCUT2D eigenvalue weighted by atomic mass is 33.1. The van der Waals surface area contributed by atoms with Crippen molar-refractivity contribution in [2.45, 2.75) is 178 Å². The molecule has 29 nitrogen and oxygen atoms in total. The molecular formula is C84H105N17O12S2. The number of allylic oxidation sites excluding steroid dienone is 2. The van der Waals surface area contributed by atoms with Gasteiger partial charge in [0.05, 0.1) is 30.4 Å². The topological polar surface area (TPSA) is 470 Å². The number of Topliss-reactive ketones (excluding diaryl/α,β-unsaturated/α-hetero) is 4. The SMILES string of the molecule is CC(=O)N[C@@H](CC1=CCC=N1)C(=O)N[C@H](Cc1ccccc1)C(=O)N[C@@H](CCCCC(=N)N)C(=O)N[C@@H](CC1=CCc2ccccc21)C(=O)CCC(=O)C[C@H]1CCSSCCCNC(=O)CNC(=O)[C@H](Cc2c[nH]c3ccccc23)NC(=O)[C@H](CCCNC(=N)N)NC(=O)[C@@H](Cc2ccccc2)CC(=O)[C@H](Cc2c[nH]cn2)CC1=O. The number of benzene rings is 4. The average molecular weight is 1610 g/mol. The summed E-state index contributed by atoms with van der Waals surface area (Å²) in [6, 6.07) is 25.4. The molecule has 9 atom stereocenters. The van der Waals surface area contributed by atoms with Gasteiger partial charge in [0.1, 0.15) is 47.6 Å². The number of H-pyrrole nitrogens is 2. The van der Waals surface area contributed by atoms with Gasteiger partial charge < -0.3 is 69.3 Å². The van der Waals surface area contributed by atoms with Crippen LogP contribution >= 0.6 is 21.6 Å². The molecule has 3 aliphatic rings. The molecule has 4 aromatic carbocycles. The van der Waals surface area contributed by atoms with Crippen LogP contribution in [0.25, 0.3) is 16.5 Å². The van der Waals surface area contributed by atoms with Gasteiger partial charge in [-0.05, 0) is 90.8 Å². The van der Waals surface area contributed by atoms with E-state index < -0.39 is 137 Å². The third-order valence-corrected chi connectivity index (χ3v) is 22.9. The molecule has 2 aromatic heterocycles. The summed E-state index contributed by atoms with van der Waals surface area (Å²) in [4.78, 5) is 189. The zero-order valence-electron chi connectivity index (χ0n) is 64.7. The lowest BCUT2D eigenvalue weighted by molar-refractivity contribution is -0.136. The maximum atomic E-state index is 15.3. The quantitative estimate of drug-likeness (QED) is 0.00937. The fourth-order valence-electron chi connectivity index (χ4n) is 14.3. The lowest BCUT2D eigenvalue weighted by Crippen LogP contribution is -2.58. The number of rotatable bonds is 34. The van der Waals surface area contributed by atoms with Gasteiger partial charge in [-0.25, -0.2) is 4.98 Å². The molecule has 0 unspecified atom stereocenters. The predicted molar refractivity (Wildman–Crippen MR) is 444 cm³/mol. The van der Waals surface area contributed by atoms with Crippen molar-refractivity contribution in [3.63, 3.8) is 0 Å². The summed E-state index contributed by atoms with van der Waals surface area (Å²) in [6.07, 6.45) is 11.3. The number of amides is 8. The van der Waals surface area contributed by atoms with Crippen molar-refractivity contribution in [3.8, 4) is 0 Å². The summed E-state index contributed by atoms with van der Waals surface area (Å²) >= 11 is 0. The first-order valence-corrected chi connectivity index (χ1v) is 41.7. The van der Waals surface area contributed by atoms with E-state index in [0.717, 1.165) is 27.6 Å². The Kier molecular flexibility index (Phi) is 34.7. The number of hydrogen-bond donors (Lipinski definition) is 15. The molecule has 0 spiro atoms. The monoisotopic (exact) mass is 1610 g/mol. The van der Waals surface area contributed by atoms with E-state index in [4.69, 9.17) is 22.3 Å². The number of aromatic nitrogens is 3. The van der Waals surface area contributed by atoms with E-state index >= 15 is 24.0 Å². The molecule has 610 valence electrons. The largest absolute Gasteiger partial charge is 0.388 e. The smallest absolute Gasteiger partial charge is 0.243 e. The molecule has 0 radical (unpaired) electrons. The van der Waals surface area contributed by atoms with Crippen LogP contribution in [0.5, 0.6) is 0 Å². The summed E-state index contributed by atoms with van der Waals surface area (Å²) in [6.45, 7) is 1.23.